The van der Waals surface area contributed by atoms with Gasteiger partial charge in [0.25, 0.3) is 11.5 Å². The van der Waals surface area contributed by atoms with Gasteiger partial charge in [-0.1, -0.05) is 6.07 Å². The molecule has 1 fully saturated rings. The van der Waals surface area contributed by atoms with Crippen LogP contribution in [0.1, 0.15) is 34.6 Å². The Morgan fingerprint density at radius 3 is 2.83 bits per heavy atom. The average molecular weight is 393 g/mol. The Kier molecular flexibility index (Phi) is 5.26. The highest BCUT2D eigenvalue weighted by molar-refractivity contribution is 5.91. The van der Waals surface area contributed by atoms with Crippen molar-refractivity contribution in [1.82, 2.24) is 19.3 Å². The number of fused-ring (bicyclic) bond motifs is 1. The molecular weight excluding hydrogens is 370 g/mol. The molecule has 0 saturated carbocycles. The van der Waals surface area contributed by atoms with Gasteiger partial charge in [0.05, 0.1) is 5.69 Å². The van der Waals surface area contributed by atoms with Crippen LogP contribution in [0.25, 0.3) is 5.65 Å². The molecule has 8 nitrogen and oxygen atoms in total. The first kappa shape index (κ1) is 19.1. The van der Waals surface area contributed by atoms with Crippen LogP contribution in [-0.4, -0.2) is 44.4 Å². The fourth-order valence-electron chi connectivity index (χ4n) is 3.62. The van der Waals surface area contributed by atoms with Crippen molar-refractivity contribution >= 4 is 11.6 Å². The molecule has 29 heavy (non-hydrogen) atoms. The van der Waals surface area contributed by atoms with Crippen molar-refractivity contribution in [3.05, 3.63) is 70.0 Å². The molecular formula is C21H23N5O3. The molecule has 4 rings (SSSR count). The van der Waals surface area contributed by atoms with Crippen LogP contribution < -0.4 is 16.0 Å². The van der Waals surface area contributed by atoms with Crippen LogP contribution in [0.3, 0.4) is 0 Å². The van der Waals surface area contributed by atoms with E-state index >= 15 is 0 Å². The lowest BCUT2D eigenvalue weighted by Crippen LogP contribution is -2.38. The highest BCUT2D eigenvalue weighted by atomic mass is 16.5. The van der Waals surface area contributed by atoms with Gasteiger partial charge < -0.3 is 10.5 Å². The molecule has 1 aliphatic heterocycles. The number of aromatic nitrogens is 3. The van der Waals surface area contributed by atoms with Gasteiger partial charge in [0.15, 0.2) is 0 Å². The maximum Gasteiger partial charge on any atom is 0.267 e. The number of amides is 1. The summed E-state index contributed by atoms with van der Waals surface area (Å²) >= 11 is 0. The number of hydrogen-bond acceptors (Lipinski definition) is 6. The summed E-state index contributed by atoms with van der Waals surface area (Å²) in [7, 11) is 0. The number of aryl methyl sites for hydroxylation is 1. The summed E-state index contributed by atoms with van der Waals surface area (Å²) in [6, 6.07) is 8.72. The van der Waals surface area contributed by atoms with E-state index in [1.807, 2.05) is 19.1 Å². The zero-order valence-corrected chi connectivity index (χ0v) is 16.2. The van der Waals surface area contributed by atoms with Crippen LogP contribution in [0.2, 0.25) is 0 Å². The summed E-state index contributed by atoms with van der Waals surface area (Å²) in [6.45, 7) is 4.27. The molecule has 0 aliphatic carbocycles. The standard InChI is InChI=1S/C21H23N5O3/c1-14-3-2-8-26-19(27)11-15(24-21(14)26)13-25-9-5-16(6-10-25)29-17-4-7-23-18(12-17)20(22)28/h2-4,7-8,11-12,16H,5-6,9-10,13H2,1H3,(H2,22,28). The Morgan fingerprint density at radius 1 is 1.28 bits per heavy atom. The van der Waals surface area contributed by atoms with Crippen molar-refractivity contribution in [1.29, 1.82) is 0 Å². The molecule has 3 aromatic heterocycles. The number of piperidine rings is 1. The third kappa shape index (κ3) is 4.27. The molecule has 0 atom stereocenters. The normalized spacial score (nSPS) is 15.5. The third-order valence-corrected chi connectivity index (χ3v) is 5.15. The van der Waals surface area contributed by atoms with E-state index < -0.39 is 5.91 Å². The van der Waals surface area contributed by atoms with E-state index in [9.17, 15) is 9.59 Å². The number of nitrogens with zero attached hydrogens (tertiary/aromatic N) is 4. The number of hydrogen-bond donors (Lipinski definition) is 1. The molecule has 0 spiro atoms. The Morgan fingerprint density at radius 2 is 2.07 bits per heavy atom. The highest BCUT2D eigenvalue weighted by Crippen LogP contribution is 2.20. The van der Waals surface area contributed by atoms with Crippen molar-refractivity contribution in [3.8, 4) is 5.75 Å². The van der Waals surface area contributed by atoms with Gasteiger partial charge in [-0.15, -0.1) is 0 Å². The summed E-state index contributed by atoms with van der Waals surface area (Å²) in [6.07, 6.45) is 5.02. The molecule has 8 heteroatoms. The topological polar surface area (TPSA) is 103 Å². The van der Waals surface area contributed by atoms with E-state index in [1.165, 1.54) is 6.20 Å². The number of rotatable bonds is 5. The minimum absolute atomic E-state index is 0.0603. The van der Waals surface area contributed by atoms with Gasteiger partial charge in [0.2, 0.25) is 0 Å². The molecule has 3 aromatic rings. The second-order valence-electron chi connectivity index (χ2n) is 7.30. The fraction of sp³-hybridized carbons (Fsp3) is 0.333. The molecule has 0 aromatic carbocycles. The maximum absolute atomic E-state index is 12.4. The Balaban J connectivity index is 1.38. The molecule has 1 saturated heterocycles. The SMILES string of the molecule is Cc1cccn2c(=O)cc(CN3CCC(Oc4ccnc(C(N)=O)c4)CC3)nc12. The number of ether oxygens (including phenoxy) is 1. The van der Waals surface area contributed by atoms with Gasteiger partial charge in [-0.3, -0.25) is 23.9 Å². The lowest BCUT2D eigenvalue weighted by Gasteiger charge is -2.31. The van der Waals surface area contributed by atoms with E-state index in [1.54, 1.807) is 28.8 Å². The van der Waals surface area contributed by atoms with Crippen molar-refractivity contribution in [2.45, 2.75) is 32.4 Å². The number of pyridine rings is 2. The first-order valence-corrected chi connectivity index (χ1v) is 9.62. The number of primary amides is 1. The Hall–Kier alpha value is -3.26. The predicted molar refractivity (Wildman–Crippen MR) is 108 cm³/mol. The van der Waals surface area contributed by atoms with Crippen LogP contribution in [0.4, 0.5) is 0 Å². The summed E-state index contributed by atoms with van der Waals surface area (Å²) in [4.78, 5) is 34.5. The number of carbonyl (C=O) groups is 1. The van der Waals surface area contributed by atoms with Crippen molar-refractivity contribution in [3.63, 3.8) is 0 Å². The lowest BCUT2D eigenvalue weighted by atomic mass is 10.1. The van der Waals surface area contributed by atoms with Crippen LogP contribution >= 0.6 is 0 Å². The quantitative estimate of drug-likeness (QED) is 0.705. The molecule has 1 amide bonds. The number of likely N-dealkylation sites (tertiary alicyclic amines) is 1. The average Bonchev–Trinajstić information content (AvgIpc) is 2.71. The predicted octanol–water partition coefficient (Wildman–Crippen LogP) is 1.54. The molecule has 0 bridgehead atoms. The van der Waals surface area contributed by atoms with E-state index in [0.29, 0.717) is 17.9 Å². The maximum atomic E-state index is 12.4. The second kappa shape index (κ2) is 8.00. The summed E-state index contributed by atoms with van der Waals surface area (Å²) in [5.41, 5.74) is 7.87. The van der Waals surface area contributed by atoms with Gasteiger partial charge in [0.1, 0.15) is 23.2 Å². The molecule has 0 unspecified atom stereocenters. The van der Waals surface area contributed by atoms with Gasteiger partial charge in [0, 0.05) is 44.2 Å². The molecule has 4 heterocycles. The minimum atomic E-state index is -0.570. The van der Waals surface area contributed by atoms with Gasteiger partial charge in [-0.25, -0.2) is 4.98 Å². The summed E-state index contributed by atoms with van der Waals surface area (Å²) in [5.74, 6) is 0.0336. The first-order chi connectivity index (χ1) is 14.0. The van der Waals surface area contributed by atoms with Crippen molar-refractivity contribution < 1.29 is 9.53 Å². The number of nitrogens with two attached hydrogens (primary N) is 1. The third-order valence-electron chi connectivity index (χ3n) is 5.15. The number of carbonyl (C=O) groups excluding carboxylic acids is 1. The van der Waals surface area contributed by atoms with Crippen LogP contribution in [0.5, 0.6) is 5.75 Å². The fourth-order valence-corrected chi connectivity index (χ4v) is 3.62. The summed E-state index contributed by atoms with van der Waals surface area (Å²) < 4.78 is 7.57. The van der Waals surface area contributed by atoms with E-state index in [0.717, 1.165) is 37.2 Å². The summed E-state index contributed by atoms with van der Waals surface area (Å²) in [5, 5.41) is 0. The van der Waals surface area contributed by atoms with Gasteiger partial charge >= 0.3 is 0 Å². The van der Waals surface area contributed by atoms with E-state index in [4.69, 9.17) is 10.5 Å². The smallest absolute Gasteiger partial charge is 0.267 e. The monoisotopic (exact) mass is 393 g/mol. The lowest BCUT2D eigenvalue weighted by molar-refractivity contribution is 0.0948. The highest BCUT2D eigenvalue weighted by Gasteiger charge is 2.21. The Bertz CT molecular complexity index is 1100. The second-order valence-corrected chi connectivity index (χ2v) is 7.30. The van der Waals surface area contributed by atoms with Crippen LogP contribution in [-0.2, 0) is 6.54 Å². The zero-order chi connectivity index (χ0) is 20.4. The molecule has 150 valence electrons. The van der Waals surface area contributed by atoms with E-state index in [2.05, 4.69) is 14.9 Å². The van der Waals surface area contributed by atoms with Gasteiger partial charge in [-0.2, -0.15) is 0 Å². The first-order valence-electron chi connectivity index (χ1n) is 9.62. The minimum Gasteiger partial charge on any atom is -0.490 e. The Labute approximate surface area is 168 Å². The molecule has 0 radical (unpaired) electrons. The zero-order valence-electron chi connectivity index (χ0n) is 16.2. The largest absolute Gasteiger partial charge is 0.490 e. The van der Waals surface area contributed by atoms with Crippen molar-refractivity contribution in [2.75, 3.05) is 13.1 Å². The molecule has 1 aliphatic rings. The van der Waals surface area contributed by atoms with Crippen LogP contribution in [0, 0.1) is 6.92 Å². The van der Waals surface area contributed by atoms with E-state index in [-0.39, 0.29) is 17.4 Å². The molecule has 2 N–H and O–H groups in total. The van der Waals surface area contributed by atoms with Crippen molar-refractivity contribution in [2.24, 2.45) is 5.73 Å². The van der Waals surface area contributed by atoms with Gasteiger partial charge in [-0.05, 0) is 37.5 Å². The van der Waals surface area contributed by atoms with Crippen LogP contribution in [0.15, 0.2) is 47.5 Å².